The second kappa shape index (κ2) is 5.05. The Morgan fingerprint density at radius 1 is 1.25 bits per heavy atom. The van der Waals surface area contributed by atoms with E-state index in [2.05, 4.69) is 10.3 Å². The van der Waals surface area contributed by atoms with Crippen molar-refractivity contribution in [1.82, 2.24) is 10.3 Å². The van der Waals surface area contributed by atoms with Gasteiger partial charge < -0.3 is 15.5 Å². The number of anilines is 1. The van der Waals surface area contributed by atoms with Gasteiger partial charge in [0.2, 0.25) is 0 Å². The van der Waals surface area contributed by atoms with E-state index in [0.717, 1.165) is 5.39 Å². The zero-order chi connectivity index (χ0) is 13.9. The molecule has 3 aromatic rings. The van der Waals surface area contributed by atoms with Crippen LogP contribution in [0.25, 0.3) is 10.9 Å². The van der Waals surface area contributed by atoms with Crippen LogP contribution in [0.2, 0.25) is 0 Å². The minimum Gasteiger partial charge on any atom is -0.467 e. The number of amides is 1. The number of nitrogens with zero attached hydrogens (tertiary/aromatic N) is 1. The average molecular weight is 267 g/mol. The maximum absolute atomic E-state index is 12.3. The highest BCUT2D eigenvalue weighted by Gasteiger charge is 2.12. The molecule has 0 bridgehead atoms. The molecule has 3 rings (SSSR count). The van der Waals surface area contributed by atoms with Crippen LogP contribution in [0.1, 0.15) is 16.1 Å². The van der Waals surface area contributed by atoms with Gasteiger partial charge in [-0.25, -0.2) is 4.98 Å². The number of fused-ring (bicyclic) bond motifs is 1. The van der Waals surface area contributed by atoms with Crippen molar-refractivity contribution in [1.29, 1.82) is 0 Å². The summed E-state index contributed by atoms with van der Waals surface area (Å²) in [5, 5.41) is 3.58. The summed E-state index contributed by atoms with van der Waals surface area (Å²) >= 11 is 0. The lowest BCUT2D eigenvalue weighted by Crippen LogP contribution is -2.23. The van der Waals surface area contributed by atoms with Crippen molar-refractivity contribution in [2.75, 3.05) is 5.73 Å². The summed E-state index contributed by atoms with van der Waals surface area (Å²) in [6.45, 7) is 0.336. The third-order valence-corrected chi connectivity index (χ3v) is 2.98. The van der Waals surface area contributed by atoms with Crippen molar-refractivity contribution in [3.63, 3.8) is 0 Å². The van der Waals surface area contributed by atoms with Gasteiger partial charge in [-0.1, -0.05) is 18.2 Å². The van der Waals surface area contributed by atoms with Gasteiger partial charge in [-0.15, -0.1) is 0 Å². The fourth-order valence-corrected chi connectivity index (χ4v) is 2.06. The van der Waals surface area contributed by atoms with E-state index in [4.69, 9.17) is 10.2 Å². The Balaban J connectivity index is 1.90. The van der Waals surface area contributed by atoms with Crippen LogP contribution in [0.5, 0.6) is 0 Å². The summed E-state index contributed by atoms with van der Waals surface area (Å²) in [6.07, 6.45) is 1.57. The van der Waals surface area contributed by atoms with Gasteiger partial charge in [-0.3, -0.25) is 4.79 Å². The molecule has 0 aliphatic heterocycles. The van der Waals surface area contributed by atoms with Crippen LogP contribution in [0, 0.1) is 0 Å². The molecule has 0 fully saturated rings. The monoisotopic (exact) mass is 267 g/mol. The first kappa shape index (κ1) is 12.2. The third kappa shape index (κ3) is 2.33. The number of carbonyl (C=O) groups excluding carboxylic acids is 1. The molecule has 2 aromatic heterocycles. The Kier molecular flexibility index (Phi) is 3.09. The number of nitrogens with two attached hydrogens (primary N) is 1. The minimum atomic E-state index is -0.202. The van der Waals surface area contributed by atoms with Crippen molar-refractivity contribution in [3.05, 3.63) is 60.1 Å². The van der Waals surface area contributed by atoms with Crippen molar-refractivity contribution in [2.45, 2.75) is 6.54 Å². The molecule has 1 aromatic carbocycles. The molecule has 1 amide bonds. The van der Waals surface area contributed by atoms with Crippen LogP contribution >= 0.6 is 0 Å². The van der Waals surface area contributed by atoms with E-state index in [0.29, 0.717) is 29.2 Å². The fourth-order valence-electron chi connectivity index (χ4n) is 2.06. The van der Waals surface area contributed by atoms with Crippen molar-refractivity contribution in [2.24, 2.45) is 0 Å². The average Bonchev–Trinajstić information content (AvgIpc) is 2.97. The van der Waals surface area contributed by atoms with E-state index in [9.17, 15) is 4.79 Å². The molecule has 2 heterocycles. The summed E-state index contributed by atoms with van der Waals surface area (Å²) in [6, 6.07) is 12.6. The highest BCUT2D eigenvalue weighted by atomic mass is 16.3. The molecule has 0 aliphatic rings. The van der Waals surface area contributed by atoms with Crippen LogP contribution in [0.4, 0.5) is 5.82 Å². The van der Waals surface area contributed by atoms with Gasteiger partial charge in [0.25, 0.3) is 5.91 Å². The third-order valence-electron chi connectivity index (χ3n) is 2.98. The molecule has 100 valence electrons. The molecule has 3 N–H and O–H groups in total. The van der Waals surface area contributed by atoms with Crippen molar-refractivity contribution in [3.8, 4) is 0 Å². The van der Waals surface area contributed by atoms with E-state index >= 15 is 0 Å². The molecule has 20 heavy (non-hydrogen) atoms. The molecule has 0 saturated heterocycles. The van der Waals surface area contributed by atoms with E-state index in [-0.39, 0.29) is 5.91 Å². The van der Waals surface area contributed by atoms with E-state index in [1.807, 2.05) is 24.3 Å². The zero-order valence-electron chi connectivity index (χ0n) is 10.7. The molecular formula is C15H13N3O2. The smallest absolute Gasteiger partial charge is 0.252 e. The van der Waals surface area contributed by atoms with Gasteiger partial charge in [0, 0.05) is 5.39 Å². The highest BCUT2D eigenvalue weighted by Crippen LogP contribution is 2.19. The van der Waals surface area contributed by atoms with Gasteiger partial charge in [0.05, 0.1) is 23.9 Å². The van der Waals surface area contributed by atoms with Gasteiger partial charge in [-0.05, 0) is 24.3 Å². The molecule has 0 radical (unpaired) electrons. The van der Waals surface area contributed by atoms with Crippen molar-refractivity contribution < 1.29 is 9.21 Å². The number of para-hydroxylation sites is 1. The van der Waals surface area contributed by atoms with E-state index < -0.39 is 0 Å². The van der Waals surface area contributed by atoms with Crippen LogP contribution in [0.3, 0.4) is 0 Å². The molecule has 0 aliphatic carbocycles. The number of aromatic nitrogens is 1. The van der Waals surface area contributed by atoms with Crippen LogP contribution < -0.4 is 11.1 Å². The van der Waals surface area contributed by atoms with Gasteiger partial charge in [0.15, 0.2) is 0 Å². The number of pyridine rings is 1. The molecule has 5 nitrogen and oxygen atoms in total. The first-order chi connectivity index (χ1) is 9.74. The first-order valence-electron chi connectivity index (χ1n) is 6.20. The normalized spacial score (nSPS) is 10.6. The largest absolute Gasteiger partial charge is 0.467 e. The number of hydrogen-bond acceptors (Lipinski definition) is 4. The van der Waals surface area contributed by atoms with Gasteiger partial charge in [-0.2, -0.15) is 0 Å². The van der Waals surface area contributed by atoms with Gasteiger partial charge in [0.1, 0.15) is 11.6 Å². The van der Waals surface area contributed by atoms with Crippen LogP contribution in [0.15, 0.2) is 53.1 Å². The molecular weight excluding hydrogens is 254 g/mol. The standard InChI is InChI=1S/C15H13N3O2/c16-14-8-12(11-5-1-2-6-13(11)18-14)15(19)17-9-10-4-3-7-20-10/h1-8H,9H2,(H2,16,18)(H,17,19). The first-order valence-corrected chi connectivity index (χ1v) is 6.20. The van der Waals surface area contributed by atoms with Crippen molar-refractivity contribution >= 4 is 22.6 Å². The quantitative estimate of drug-likeness (QED) is 0.763. The molecule has 0 spiro atoms. The number of nitrogens with one attached hydrogen (secondary N) is 1. The Morgan fingerprint density at radius 3 is 2.90 bits per heavy atom. The lowest BCUT2D eigenvalue weighted by atomic mass is 10.1. The summed E-state index contributed by atoms with van der Waals surface area (Å²) in [4.78, 5) is 16.5. The second-order valence-corrected chi connectivity index (χ2v) is 4.37. The van der Waals surface area contributed by atoms with Crippen LogP contribution in [-0.2, 0) is 6.54 Å². The number of carbonyl (C=O) groups is 1. The molecule has 0 saturated carbocycles. The Hall–Kier alpha value is -2.82. The maximum Gasteiger partial charge on any atom is 0.252 e. The number of furan rings is 1. The van der Waals surface area contributed by atoms with E-state index in [1.165, 1.54) is 0 Å². The molecule has 0 atom stereocenters. The Labute approximate surface area is 115 Å². The fraction of sp³-hybridized carbons (Fsp3) is 0.0667. The van der Waals surface area contributed by atoms with Gasteiger partial charge >= 0.3 is 0 Å². The SMILES string of the molecule is Nc1cc(C(=O)NCc2ccco2)c2ccccc2n1. The predicted octanol–water partition coefficient (Wildman–Crippen LogP) is 2.34. The molecule has 0 unspecified atom stereocenters. The Morgan fingerprint density at radius 2 is 2.10 bits per heavy atom. The summed E-state index contributed by atoms with van der Waals surface area (Å²) in [5.74, 6) is 0.822. The second-order valence-electron chi connectivity index (χ2n) is 4.37. The predicted molar refractivity (Wildman–Crippen MR) is 76.0 cm³/mol. The lowest BCUT2D eigenvalue weighted by Gasteiger charge is -2.08. The topological polar surface area (TPSA) is 81.2 Å². The highest BCUT2D eigenvalue weighted by molar-refractivity contribution is 6.06. The maximum atomic E-state index is 12.3. The Bertz CT molecular complexity index is 751. The number of nitrogen functional groups attached to an aromatic ring is 1. The molecule has 5 heteroatoms. The number of hydrogen-bond donors (Lipinski definition) is 2. The number of rotatable bonds is 3. The summed E-state index contributed by atoms with van der Waals surface area (Å²) in [7, 11) is 0. The summed E-state index contributed by atoms with van der Waals surface area (Å²) in [5.41, 5.74) is 6.96. The number of benzene rings is 1. The lowest BCUT2D eigenvalue weighted by molar-refractivity contribution is 0.0949. The zero-order valence-corrected chi connectivity index (χ0v) is 10.7. The van der Waals surface area contributed by atoms with Crippen LogP contribution in [-0.4, -0.2) is 10.9 Å². The summed E-state index contributed by atoms with van der Waals surface area (Å²) < 4.78 is 5.18. The minimum absolute atomic E-state index is 0.202. The van der Waals surface area contributed by atoms with E-state index in [1.54, 1.807) is 24.5 Å².